The Kier molecular flexibility index (Phi) is 5.31. The molecule has 5 rings (SSSR count). The predicted octanol–water partition coefficient (Wildman–Crippen LogP) is 2.88. The van der Waals surface area contributed by atoms with Crippen LogP contribution in [0, 0.1) is 5.82 Å². The second-order valence-electron chi connectivity index (χ2n) is 8.33. The summed E-state index contributed by atoms with van der Waals surface area (Å²) in [6.07, 6.45) is 0. The Morgan fingerprint density at radius 3 is 2.70 bits per heavy atom. The molecule has 0 saturated carbocycles. The largest absolute Gasteiger partial charge is 0.476 e. The molecule has 1 aromatic heterocycles. The Balaban J connectivity index is 1.59. The number of aromatic carboxylic acids is 1. The first-order valence-corrected chi connectivity index (χ1v) is 12.2. The normalized spacial score (nSPS) is 19.6. The number of rotatable bonds is 4. The number of halogens is 1. The molecule has 2 aliphatic heterocycles. The highest BCUT2D eigenvalue weighted by atomic mass is 32.2. The van der Waals surface area contributed by atoms with Crippen LogP contribution in [0.15, 0.2) is 47.4 Å². The molecule has 0 amide bonds. The minimum atomic E-state index is -4.05. The number of ether oxygens (including phenoxy) is 1. The standard InChI is InChI=1S/C23H22FN3O5S/c1-14-12-32-10-9-26(14)11-15-5-7-16(8-6-15)27-21-17-3-2-4-19(24)22(17)33(30,31)13-18(21)20(25-27)23(28)29/h2-8,14H,9-13H2,1H3,(H,28,29)/t14-/m1/s1. The van der Waals surface area contributed by atoms with Crippen LogP contribution in [0.2, 0.25) is 0 Å². The van der Waals surface area contributed by atoms with Crippen molar-refractivity contribution in [3.8, 4) is 16.9 Å². The number of morpholine rings is 1. The van der Waals surface area contributed by atoms with Crippen molar-refractivity contribution in [1.29, 1.82) is 0 Å². The third kappa shape index (κ3) is 3.73. The molecule has 0 radical (unpaired) electrons. The fourth-order valence-electron chi connectivity index (χ4n) is 4.47. The lowest BCUT2D eigenvalue weighted by Crippen LogP contribution is -2.42. The molecule has 2 aliphatic rings. The van der Waals surface area contributed by atoms with Crippen molar-refractivity contribution in [2.45, 2.75) is 30.2 Å². The maximum Gasteiger partial charge on any atom is 0.356 e. The Hall–Kier alpha value is -3.08. The molecule has 0 bridgehead atoms. The number of carboxylic acid groups (broad SMARTS) is 1. The van der Waals surface area contributed by atoms with Crippen molar-refractivity contribution < 1.29 is 27.4 Å². The van der Waals surface area contributed by atoms with E-state index in [2.05, 4.69) is 16.9 Å². The van der Waals surface area contributed by atoms with Gasteiger partial charge in [0.1, 0.15) is 10.7 Å². The molecule has 8 nitrogen and oxygen atoms in total. The number of nitrogens with zero attached hydrogens (tertiary/aromatic N) is 3. The summed E-state index contributed by atoms with van der Waals surface area (Å²) in [5.74, 6) is -2.82. The van der Waals surface area contributed by atoms with Crippen LogP contribution >= 0.6 is 0 Å². The second kappa shape index (κ2) is 8.05. The molecule has 172 valence electrons. The number of carboxylic acids is 1. The van der Waals surface area contributed by atoms with Crippen LogP contribution in [-0.4, -0.2) is 60.0 Å². The van der Waals surface area contributed by atoms with Gasteiger partial charge in [-0.15, -0.1) is 0 Å². The fourth-order valence-corrected chi connectivity index (χ4v) is 6.13. The second-order valence-corrected chi connectivity index (χ2v) is 10.3. The number of benzene rings is 2. The zero-order chi connectivity index (χ0) is 23.3. The van der Waals surface area contributed by atoms with E-state index in [4.69, 9.17) is 4.74 Å². The van der Waals surface area contributed by atoms with E-state index in [1.54, 1.807) is 12.1 Å². The van der Waals surface area contributed by atoms with Gasteiger partial charge >= 0.3 is 5.97 Å². The number of hydrogen-bond acceptors (Lipinski definition) is 6. The van der Waals surface area contributed by atoms with Gasteiger partial charge in [-0.1, -0.05) is 24.3 Å². The SMILES string of the molecule is C[C@@H]1COCCN1Cc1ccc(-n2nc(C(=O)O)c3c2-c2cccc(F)c2S(=O)(=O)C3)cc1. The number of carbonyl (C=O) groups is 1. The van der Waals surface area contributed by atoms with Gasteiger partial charge in [0.2, 0.25) is 0 Å². The van der Waals surface area contributed by atoms with Gasteiger partial charge in [-0.25, -0.2) is 22.3 Å². The summed E-state index contributed by atoms with van der Waals surface area (Å²) < 4.78 is 46.9. The zero-order valence-electron chi connectivity index (χ0n) is 17.9. The van der Waals surface area contributed by atoms with Crippen molar-refractivity contribution in [2.24, 2.45) is 0 Å². The van der Waals surface area contributed by atoms with E-state index in [1.807, 2.05) is 12.1 Å². The highest BCUT2D eigenvalue weighted by Crippen LogP contribution is 2.41. The average molecular weight is 472 g/mol. The van der Waals surface area contributed by atoms with Crippen molar-refractivity contribution in [3.63, 3.8) is 0 Å². The zero-order valence-corrected chi connectivity index (χ0v) is 18.7. The molecular formula is C23H22FN3O5S. The lowest BCUT2D eigenvalue weighted by atomic mass is 10.0. The van der Waals surface area contributed by atoms with Crippen LogP contribution in [-0.2, 0) is 26.9 Å². The minimum absolute atomic E-state index is 0.0619. The number of sulfone groups is 1. The van der Waals surface area contributed by atoms with Gasteiger partial charge in [-0.2, -0.15) is 5.10 Å². The van der Waals surface area contributed by atoms with Gasteiger partial charge in [0.05, 0.1) is 30.3 Å². The molecule has 1 saturated heterocycles. The van der Waals surface area contributed by atoms with Gasteiger partial charge in [-0.3, -0.25) is 4.90 Å². The molecule has 0 aliphatic carbocycles. The molecule has 1 atom stereocenters. The van der Waals surface area contributed by atoms with Crippen molar-refractivity contribution >= 4 is 15.8 Å². The van der Waals surface area contributed by atoms with E-state index in [0.29, 0.717) is 24.9 Å². The monoisotopic (exact) mass is 471 g/mol. The van der Waals surface area contributed by atoms with Crippen LogP contribution in [0.1, 0.15) is 28.5 Å². The first kappa shape index (κ1) is 21.7. The number of hydrogen-bond donors (Lipinski definition) is 1. The molecule has 3 heterocycles. The van der Waals surface area contributed by atoms with Gasteiger partial charge in [-0.05, 0) is 30.7 Å². The Morgan fingerprint density at radius 2 is 2.00 bits per heavy atom. The maximum absolute atomic E-state index is 14.5. The summed E-state index contributed by atoms with van der Waals surface area (Å²) in [5, 5.41) is 13.9. The third-order valence-corrected chi connectivity index (χ3v) is 7.83. The quantitative estimate of drug-likeness (QED) is 0.624. The van der Waals surface area contributed by atoms with Gasteiger partial charge in [0.15, 0.2) is 15.5 Å². The number of fused-ring (bicyclic) bond motifs is 3. The van der Waals surface area contributed by atoms with Gasteiger partial charge < -0.3 is 9.84 Å². The Bertz CT molecular complexity index is 1350. The highest BCUT2D eigenvalue weighted by molar-refractivity contribution is 7.91. The molecule has 3 aromatic rings. The smallest absolute Gasteiger partial charge is 0.356 e. The summed E-state index contributed by atoms with van der Waals surface area (Å²) in [6, 6.07) is 11.7. The van der Waals surface area contributed by atoms with Crippen LogP contribution in [0.4, 0.5) is 4.39 Å². The summed E-state index contributed by atoms with van der Waals surface area (Å²) in [4.78, 5) is 13.8. The average Bonchev–Trinajstić information content (AvgIpc) is 3.14. The summed E-state index contributed by atoms with van der Waals surface area (Å²) in [7, 11) is -4.05. The molecule has 1 fully saturated rings. The third-order valence-electron chi connectivity index (χ3n) is 6.13. The molecular weight excluding hydrogens is 449 g/mol. The first-order valence-electron chi connectivity index (χ1n) is 10.5. The topological polar surface area (TPSA) is 102 Å². The van der Waals surface area contributed by atoms with Gasteiger partial charge in [0.25, 0.3) is 0 Å². The molecule has 0 spiro atoms. The number of aromatic nitrogens is 2. The van der Waals surface area contributed by atoms with E-state index in [1.165, 1.54) is 16.8 Å². The molecule has 1 N–H and O–H groups in total. The van der Waals surface area contributed by atoms with E-state index in [9.17, 15) is 22.7 Å². The van der Waals surface area contributed by atoms with E-state index in [0.717, 1.165) is 24.7 Å². The van der Waals surface area contributed by atoms with E-state index < -0.39 is 32.3 Å². The Morgan fingerprint density at radius 1 is 1.24 bits per heavy atom. The molecule has 2 aromatic carbocycles. The predicted molar refractivity (Wildman–Crippen MR) is 117 cm³/mol. The maximum atomic E-state index is 14.5. The first-order chi connectivity index (χ1) is 15.8. The van der Waals surface area contributed by atoms with Crippen LogP contribution in [0.25, 0.3) is 16.9 Å². The minimum Gasteiger partial charge on any atom is -0.476 e. The van der Waals surface area contributed by atoms with Crippen LogP contribution in [0.3, 0.4) is 0 Å². The van der Waals surface area contributed by atoms with Crippen molar-refractivity contribution in [1.82, 2.24) is 14.7 Å². The van der Waals surface area contributed by atoms with E-state index >= 15 is 0 Å². The Labute approximate surface area is 190 Å². The van der Waals surface area contributed by atoms with Crippen molar-refractivity contribution in [2.75, 3.05) is 19.8 Å². The van der Waals surface area contributed by atoms with E-state index in [-0.39, 0.29) is 22.5 Å². The summed E-state index contributed by atoms with van der Waals surface area (Å²) in [5.41, 5.74) is 1.74. The lowest BCUT2D eigenvalue weighted by Gasteiger charge is -2.33. The molecule has 10 heteroatoms. The lowest BCUT2D eigenvalue weighted by molar-refractivity contribution is -0.00436. The fraction of sp³-hybridized carbons (Fsp3) is 0.304. The van der Waals surface area contributed by atoms with Crippen LogP contribution < -0.4 is 0 Å². The molecule has 33 heavy (non-hydrogen) atoms. The van der Waals surface area contributed by atoms with Crippen molar-refractivity contribution in [3.05, 3.63) is 65.1 Å². The summed E-state index contributed by atoms with van der Waals surface area (Å²) in [6.45, 7) is 5.08. The summed E-state index contributed by atoms with van der Waals surface area (Å²) >= 11 is 0. The van der Waals surface area contributed by atoms with Crippen LogP contribution in [0.5, 0.6) is 0 Å². The highest BCUT2D eigenvalue weighted by Gasteiger charge is 2.37. The molecule has 0 unspecified atom stereocenters. The van der Waals surface area contributed by atoms with Gasteiger partial charge in [0, 0.05) is 30.3 Å².